The van der Waals surface area contributed by atoms with Crippen molar-refractivity contribution in [2.24, 2.45) is 5.41 Å². The molecular formula is C13H24N2O3S. The minimum atomic E-state index is -1.15. The topological polar surface area (TPSA) is 75.6 Å². The smallest absolute Gasteiger partial charge is 0.407 e. The third-order valence-electron chi connectivity index (χ3n) is 4.45. The second kappa shape index (κ2) is 5.14. The van der Waals surface area contributed by atoms with Crippen LogP contribution in [0.4, 0.5) is 4.79 Å². The number of nitrogens with one attached hydrogen (secondary N) is 1. The van der Waals surface area contributed by atoms with Gasteiger partial charge in [0.25, 0.3) is 0 Å². The second-order valence-corrected chi connectivity index (χ2v) is 8.74. The standard InChI is InChI=1S/C13H24N2O3S/c1-12(2,3)19(18)14-10-9-15(11(16)17)8-7-13(10)5-4-6-13/h10,14H,4-9H2,1-3H3,(H,16,17)/t10?,19-/m1/s1. The Bertz CT molecular complexity index is 352. The predicted octanol–water partition coefficient (Wildman–Crippen LogP) is 1.96. The van der Waals surface area contributed by atoms with Crippen LogP contribution in [0.5, 0.6) is 0 Å². The molecule has 2 atom stereocenters. The van der Waals surface area contributed by atoms with Crippen LogP contribution >= 0.6 is 0 Å². The van der Waals surface area contributed by atoms with E-state index in [1.54, 1.807) is 0 Å². The van der Waals surface area contributed by atoms with Gasteiger partial charge in [-0.3, -0.25) is 0 Å². The summed E-state index contributed by atoms with van der Waals surface area (Å²) in [6.07, 6.45) is 3.47. The Labute approximate surface area is 118 Å². The molecule has 2 fully saturated rings. The first kappa shape index (κ1) is 14.9. The van der Waals surface area contributed by atoms with Gasteiger partial charge < -0.3 is 14.6 Å². The van der Waals surface area contributed by atoms with E-state index in [9.17, 15) is 9.35 Å². The molecular weight excluding hydrogens is 264 g/mol. The molecule has 5 nitrogen and oxygen atoms in total. The highest BCUT2D eigenvalue weighted by molar-refractivity contribution is 7.90. The Hall–Kier alpha value is -0.460. The van der Waals surface area contributed by atoms with Crippen LogP contribution < -0.4 is 4.72 Å². The van der Waals surface area contributed by atoms with Gasteiger partial charge in [-0.25, -0.2) is 4.79 Å². The van der Waals surface area contributed by atoms with Crippen molar-refractivity contribution in [1.82, 2.24) is 9.62 Å². The molecule has 1 saturated carbocycles. The Morgan fingerprint density at radius 2 is 2.05 bits per heavy atom. The number of hydrogen-bond acceptors (Lipinski definition) is 3. The van der Waals surface area contributed by atoms with Crippen molar-refractivity contribution in [1.29, 1.82) is 0 Å². The molecule has 6 heteroatoms. The van der Waals surface area contributed by atoms with Crippen molar-refractivity contribution in [2.45, 2.75) is 57.2 Å². The van der Waals surface area contributed by atoms with Crippen LogP contribution in [0.1, 0.15) is 46.5 Å². The molecule has 1 spiro atoms. The van der Waals surface area contributed by atoms with Gasteiger partial charge in [0.05, 0.1) is 6.04 Å². The molecule has 2 rings (SSSR count). The summed E-state index contributed by atoms with van der Waals surface area (Å²) in [4.78, 5) is 12.6. The van der Waals surface area contributed by atoms with E-state index in [0.29, 0.717) is 13.1 Å². The number of carbonyl (C=O) groups is 1. The van der Waals surface area contributed by atoms with E-state index in [0.717, 1.165) is 19.3 Å². The lowest BCUT2D eigenvalue weighted by molar-refractivity contribution is 0.00828. The maximum absolute atomic E-state index is 12.3. The fraction of sp³-hybridized carbons (Fsp3) is 0.923. The SMILES string of the molecule is CC(C)(C)[S@@+]([O-])NC1CN(C(=O)O)CCC12CCC2. The van der Waals surface area contributed by atoms with Gasteiger partial charge in [-0.15, -0.1) is 4.72 Å². The Balaban J connectivity index is 2.06. The first-order chi connectivity index (χ1) is 8.74. The molecule has 1 amide bonds. The summed E-state index contributed by atoms with van der Waals surface area (Å²) in [5, 5.41) is 9.13. The molecule has 0 radical (unpaired) electrons. The zero-order chi connectivity index (χ0) is 14.3. The van der Waals surface area contributed by atoms with Gasteiger partial charge >= 0.3 is 6.09 Å². The molecule has 2 N–H and O–H groups in total. The molecule has 0 aromatic rings. The summed E-state index contributed by atoms with van der Waals surface area (Å²) in [5.41, 5.74) is 0.173. The third kappa shape index (κ3) is 3.01. The summed E-state index contributed by atoms with van der Waals surface area (Å²) in [6.45, 7) is 6.86. The van der Waals surface area contributed by atoms with Crippen LogP contribution in [0.25, 0.3) is 0 Å². The fourth-order valence-corrected chi connectivity index (χ4v) is 3.85. The molecule has 1 unspecified atom stereocenters. The lowest BCUT2D eigenvalue weighted by Gasteiger charge is -2.52. The van der Waals surface area contributed by atoms with Crippen molar-refractivity contribution in [3.8, 4) is 0 Å². The second-order valence-electron chi connectivity index (χ2n) is 6.75. The van der Waals surface area contributed by atoms with E-state index >= 15 is 0 Å². The minimum absolute atomic E-state index is 0.0196. The molecule has 110 valence electrons. The Morgan fingerprint density at radius 3 is 2.47 bits per heavy atom. The number of nitrogens with zero attached hydrogens (tertiary/aromatic N) is 1. The van der Waals surface area contributed by atoms with E-state index in [1.165, 1.54) is 11.3 Å². The van der Waals surface area contributed by atoms with Crippen LogP contribution in [0.2, 0.25) is 0 Å². The largest absolute Gasteiger partial charge is 0.598 e. The van der Waals surface area contributed by atoms with Gasteiger partial charge in [-0.1, -0.05) is 6.42 Å². The summed E-state index contributed by atoms with van der Waals surface area (Å²) in [6, 6.07) is 0.0196. The number of amides is 1. The van der Waals surface area contributed by atoms with E-state index in [1.807, 2.05) is 20.8 Å². The molecule has 19 heavy (non-hydrogen) atoms. The monoisotopic (exact) mass is 288 g/mol. The van der Waals surface area contributed by atoms with Crippen LogP contribution in [0, 0.1) is 5.41 Å². The molecule has 1 saturated heterocycles. The summed E-state index contributed by atoms with van der Waals surface area (Å²) < 4.78 is 15.2. The maximum Gasteiger partial charge on any atom is 0.407 e. The van der Waals surface area contributed by atoms with Crippen molar-refractivity contribution >= 4 is 17.5 Å². The molecule has 1 aliphatic carbocycles. The highest BCUT2D eigenvalue weighted by atomic mass is 32.2. The van der Waals surface area contributed by atoms with Crippen LogP contribution in [0.3, 0.4) is 0 Å². The normalized spacial score (nSPS) is 28.0. The number of carboxylic acid groups (broad SMARTS) is 1. The third-order valence-corrected chi connectivity index (χ3v) is 6.06. The van der Waals surface area contributed by atoms with Crippen molar-refractivity contribution in [2.75, 3.05) is 13.1 Å². The zero-order valence-electron chi connectivity index (χ0n) is 11.9. The number of rotatable bonds is 2. The van der Waals surface area contributed by atoms with Gasteiger partial charge in [0.15, 0.2) is 0 Å². The summed E-state index contributed by atoms with van der Waals surface area (Å²) in [7, 11) is 0. The Morgan fingerprint density at radius 1 is 1.42 bits per heavy atom. The maximum atomic E-state index is 12.3. The molecule has 0 aromatic heterocycles. The molecule has 2 aliphatic rings. The highest BCUT2D eigenvalue weighted by Gasteiger charge is 2.50. The quantitative estimate of drug-likeness (QED) is 0.762. The van der Waals surface area contributed by atoms with Crippen molar-refractivity contribution in [3.63, 3.8) is 0 Å². The Kier molecular flexibility index (Phi) is 4.05. The van der Waals surface area contributed by atoms with Gasteiger partial charge in [-0.2, -0.15) is 0 Å². The van der Waals surface area contributed by atoms with Crippen LogP contribution in [0.15, 0.2) is 0 Å². The number of hydrogen-bond donors (Lipinski definition) is 2. The average molecular weight is 288 g/mol. The molecule has 0 bridgehead atoms. The zero-order valence-corrected chi connectivity index (χ0v) is 12.8. The number of likely N-dealkylation sites (tertiary alicyclic amines) is 1. The molecule has 0 aromatic carbocycles. The van der Waals surface area contributed by atoms with Gasteiger partial charge in [-0.05, 0) is 45.4 Å². The molecule has 1 heterocycles. The minimum Gasteiger partial charge on any atom is -0.598 e. The summed E-state index contributed by atoms with van der Waals surface area (Å²) >= 11 is -1.15. The van der Waals surface area contributed by atoms with Crippen LogP contribution in [-0.2, 0) is 11.4 Å². The van der Waals surface area contributed by atoms with Gasteiger partial charge in [0, 0.05) is 24.5 Å². The number of piperidine rings is 1. The van der Waals surface area contributed by atoms with Crippen LogP contribution in [-0.4, -0.2) is 44.5 Å². The van der Waals surface area contributed by atoms with E-state index < -0.39 is 17.5 Å². The lowest BCUT2D eigenvalue weighted by atomic mass is 9.61. The van der Waals surface area contributed by atoms with Gasteiger partial charge in [0.2, 0.25) is 0 Å². The first-order valence-corrected chi connectivity index (χ1v) is 8.05. The predicted molar refractivity (Wildman–Crippen MR) is 75.3 cm³/mol. The van der Waals surface area contributed by atoms with Gasteiger partial charge in [0.1, 0.15) is 4.75 Å². The summed E-state index contributed by atoms with van der Waals surface area (Å²) in [5.74, 6) is 0. The lowest BCUT2D eigenvalue weighted by Crippen LogP contribution is -2.63. The fourth-order valence-electron chi connectivity index (χ4n) is 2.91. The van der Waals surface area contributed by atoms with Crippen molar-refractivity contribution in [3.05, 3.63) is 0 Å². The van der Waals surface area contributed by atoms with E-state index in [4.69, 9.17) is 5.11 Å². The molecule has 1 aliphatic heterocycles. The first-order valence-electron chi connectivity index (χ1n) is 6.90. The van der Waals surface area contributed by atoms with Crippen molar-refractivity contribution < 1.29 is 14.5 Å². The highest BCUT2D eigenvalue weighted by Crippen LogP contribution is 2.49. The van der Waals surface area contributed by atoms with E-state index in [-0.39, 0.29) is 16.2 Å². The van der Waals surface area contributed by atoms with E-state index in [2.05, 4.69) is 4.72 Å². The average Bonchev–Trinajstić information content (AvgIpc) is 2.25.